The fraction of sp³-hybridized carbons (Fsp3) is 0.643. The van der Waals surface area contributed by atoms with E-state index in [1.807, 2.05) is 25.1 Å². The van der Waals surface area contributed by atoms with Crippen LogP contribution in [0.15, 0.2) is 18.2 Å². The monoisotopic (exact) mass is 250 g/mol. The van der Waals surface area contributed by atoms with Gasteiger partial charge in [0, 0.05) is 25.3 Å². The van der Waals surface area contributed by atoms with Gasteiger partial charge in [-0.3, -0.25) is 0 Å². The number of aliphatic hydroxyl groups is 1. The lowest BCUT2D eigenvalue weighted by Gasteiger charge is -2.38. The molecule has 2 rings (SSSR count). The summed E-state index contributed by atoms with van der Waals surface area (Å²) >= 11 is 0. The first kappa shape index (κ1) is 13.1. The van der Waals surface area contributed by atoms with Crippen molar-refractivity contribution in [2.24, 2.45) is 0 Å². The van der Waals surface area contributed by atoms with Crippen LogP contribution >= 0.6 is 0 Å². The molecule has 0 spiro atoms. The zero-order chi connectivity index (χ0) is 12.8. The van der Waals surface area contributed by atoms with E-state index in [9.17, 15) is 0 Å². The third-order valence-electron chi connectivity index (χ3n) is 3.37. The molecule has 1 heterocycles. The maximum atomic E-state index is 9.00. The summed E-state index contributed by atoms with van der Waals surface area (Å²) in [5.41, 5.74) is 0. The highest BCUT2D eigenvalue weighted by molar-refractivity contribution is 5.42. The molecule has 0 saturated heterocycles. The minimum atomic E-state index is 0.231. The molecule has 1 saturated carbocycles. The molecule has 1 aromatic heterocycles. The molecule has 4 nitrogen and oxygen atoms in total. The molecular formula is C14H22N2O2. The summed E-state index contributed by atoms with van der Waals surface area (Å²) in [6.45, 7) is 3.69. The highest BCUT2D eigenvalue weighted by Gasteiger charge is 2.25. The number of nitrogens with zero attached hydrogens (tertiary/aromatic N) is 2. The summed E-state index contributed by atoms with van der Waals surface area (Å²) in [6.07, 6.45) is 4.54. The van der Waals surface area contributed by atoms with Gasteiger partial charge in [-0.15, -0.1) is 0 Å². The van der Waals surface area contributed by atoms with Gasteiger partial charge in [0.05, 0.1) is 6.61 Å². The van der Waals surface area contributed by atoms with Crippen molar-refractivity contribution >= 4 is 5.82 Å². The summed E-state index contributed by atoms with van der Waals surface area (Å²) in [6, 6.07) is 6.48. The zero-order valence-corrected chi connectivity index (χ0v) is 11.0. The minimum Gasteiger partial charge on any atom is -0.478 e. The molecule has 4 heteroatoms. The summed E-state index contributed by atoms with van der Waals surface area (Å²) in [5.74, 6) is 1.66. The number of ether oxygens (including phenoxy) is 1. The van der Waals surface area contributed by atoms with Gasteiger partial charge in [0.1, 0.15) is 5.82 Å². The van der Waals surface area contributed by atoms with Gasteiger partial charge in [0.15, 0.2) is 0 Å². The second kappa shape index (κ2) is 6.59. The maximum Gasteiger partial charge on any atom is 0.215 e. The molecule has 0 aromatic carbocycles. The SMILES string of the molecule is CCOc1cccc(N(CCCO)C2CCC2)n1. The first-order valence-corrected chi connectivity index (χ1v) is 6.82. The van der Waals surface area contributed by atoms with E-state index in [0.29, 0.717) is 18.5 Å². The Bertz CT molecular complexity index is 367. The minimum absolute atomic E-state index is 0.231. The van der Waals surface area contributed by atoms with E-state index in [1.54, 1.807) is 0 Å². The normalized spacial score (nSPS) is 15.2. The fourth-order valence-corrected chi connectivity index (χ4v) is 2.22. The lowest BCUT2D eigenvalue weighted by atomic mass is 9.91. The third kappa shape index (κ3) is 3.13. The van der Waals surface area contributed by atoms with Crippen molar-refractivity contribution in [2.75, 3.05) is 24.7 Å². The quantitative estimate of drug-likeness (QED) is 0.806. The van der Waals surface area contributed by atoms with Crippen molar-refractivity contribution < 1.29 is 9.84 Å². The third-order valence-corrected chi connectivity index (χ3v) is 3.37. The van der Waals surface area contributed by atoms with Crippen LogP contribution in [0, 0.1) is 0 Å². The predicted molar refractivity (Wildman–Crippen MR) is 72.1 cm³/mol. The van der Waals surface area contributed by atoms with Crippen molar-refractivity contribution in [1.82, 2.24) is 4.98 Å². The van der Waals surface area contributed by atoms with Crippen LogP contribution in [-0.4, -0.2) is 35.9 Å². The van der Waals surface area contributed by atoms with E-state index in [2.05, 4.69) is 9.88 Å². The van der Waals surface area contributed by atoms with E-state index in [0.717, 1.165) is 18.8 Å². The number of aliphatic hydroxyl groups excluding tert-OH is 1. The van der Waals surface area contributed by atoms with Gasteiger partial charge < -0.3 is 14.7 Å². The van der Waals surface area contributed by atoms with Crippen molar-refractivity contribution in [2.45, 2.75) is 38.6 Å². The van der Waals surface area contributed by atoms with E-state index in [4.69, 9.17) is 9.84 Å². The van der Waals surface area contributed by atoms with Gasteiger partial charge >= 0.3 is 0 Å². The average molecular weight is 250 g/mol. The number of aromatic nitrogens is 1. The van der Waals surface area contributed by atoms with E-state index in [-0.39, 0.29) is 6.61 Å². The molecule has 0 unspecified atom stereocenters. The largest absolute Gasteiger partial charge is 0.478 e. The second-order valence-corrected chi connectivity index (χ2v) is 4.62. The predicted octanol–water partition coefficient (Wildman–Crippen LogP) is 2.22. The highest BCUT2D eigenvalue weighted by atomic mass is 16.5. The van der Waals surface area contributed by atoms with Crippen molar-refractivity contribution in [3.63, 3.8) is 0 Å². The van der Waals surface area contributed by atoms with Gasteiger partial charge in [-0.25, -0.2) is 0 Å². The van der Waals surface area contributed by atoms with Gasteiger partial charge in [0.25, 0.3) is 0 Å². The average Bonchev–Trinajstić information content (AvgIpc) is 2.33. The molecule has 1 aliphatic carbocycles. The smallest absolute Gasteiger partial charge is 0.215 e. The Morgan fingerprint density at radius 3 is 2.89 bits per heavy atom. The summed E-state index contributed by atoms with van der Waals surface area (Å²) in [7, 11) is 0. The molecule has 0 radical (unpaired) electrons. The summed E-state index contributed by atoms with van der Waals surface area (Å²) < 4.78 is 5.45. The molecule has 1 aliphatic rings. The number of pyridine rings is 1. The lowest BCUT2D eigenvalue weighted by molar-refractivity contribution is 0.282. The van der Waals surface area contributed by atoms with Gasteiger partial charge in [-0.2, -0.15) is 4.98 Å². The van der Waals surface area contributed by atoms with Crippen molar-refractivity contribution in [3.05, 3.63) is 18.2 Å². The van der Waals surface area contributed by atoms with Crippen LogP contribution in [0.3, 0.4) is 0 Å². The van der Waals surface area contributed by atoms with Crippen LogP contribution in [-0.2, 0) is 0 Å². The number of rotatable bonds is 7. The molecular weight excluding hydrogens is 228 g/mol. The Morgan fingerprint density at radius 1 is 1.44 bits per heavy atom. The zero-order valence-electron chi connectivity index (χ0n) is 11.0. The Kier molecular flexibility index (Phi) is 4.81. The standard InChI is InChI=1S/C14H22N2O2/c1-2-18-14-9-4-8-13(15-14)16(10-5-11-17)12-6-3-7-12/h4,8-9,12,17H,2-3,5-7,10-11H2,1H3. The number of hydrogen-bond donors (Lipinski definition) is 1. The summed E-state index contributed by atoms with van der Waals surface area (Å²) in [4.78, 5) is 6.85. The highest BCUT2D eigenvalue weighted by Crippen LogP contribution is 2.29. The van der Waals surface area contributed by atoms with Crippen molar-refractivity contribution in [3.8, 4) is 5.88 Å². The van der Waals surface area contributed by atoms with E-state index < -0.39 is 0 Å². The van der Waals surface area contributed by atoms with Gasteiger partial charge in [0.2, 0.25) is 5.88 Å². The molecule has 1 N–H and O–H groups in total. The second-order valence-electron chi connectivity index (χ2n) is 4.62. The maximum absolute atomic E-state index is 9.00. The van der Waals surface area contributed by atoms with Crippen molar-refractivity contribution in [1.29, 1.82) is 0 Å². The molecule has 0 bridgehead atoms. The van der Waals surface area contributed by atoms with Crippen LogP contribution in [0.1, 0.15) is 32.6 Å². The van der Waals surface area contributed by atoms with E-state index >= 15 is 0 Å². The lowest BCUT2D eigenvalue weighted by Crippen LogP contribution is -2.41. The molecule has 18 heavy (non-hydrogen) atoms. The van der Waals surface area contributed by atoms with Crippen LogP contribution in [0.4, 0.5) is 5.82 Å². The Balaban J connectivity index is 2.10. The summed E-state index contributed by atoms with van der Waals surface area (Å²) in [5, 5.41) is 9.00. The Hall–Kier alpha value is -1.29. The molecule has 0 atom stereocenters. The first-order valence-electron chi connectivity index (χ1n) is 6.82. The van der Waals surface area contributed by atoms with E-state index in [1.165, 1.54) is 19.3 Å². The molecule has 0 amide bonds. The molecule has 1 fully saturated rings. The topological polar surface area (TPSA) is 45.6 Å². The Morgan fingerprint density at radius 2 is 2.28 bits per heavy atom. The number of anilines is 1. The molecule has 100 valence electrons. The number of hydrogen-bond acceptors (Lipinski definition) is 4. The molecule has 0 aliphatic heterocycles. The molecule has 1 aromatic rings. The first-order chi connectivity index (χ1) is 8.85. The van der Waals surface area contributed by atoms with Crippen LogP contribution in [0.2, 0.25) is 0 Å². The van der Waals surface area contributed by atoms with Crippen LogP contribution in [0.5, 0.6) is 5.88 Å². The fourth-order valence-electron chi connectivity index (χ4n) is 2.22. The van der Waals surface area contributed by atoms with Crippen LogP contribution in [0.25, 0.3) is 0 Å². The van der Waals surface area contributed by atoms with Crippen LogP contribution < -0.4 is 9.64 Å². The van der Waals surface area contributed by atoms with Gasteiger partial charge in [-0.05, 0) is 38.7 Å². The van der Waals surface area contributed by atoms with Gasteiger partial charge in [-0.1, -0.05) is 6.07 Å². The Labute approximate surface area is 109 Å².